The summed E-state index contributed by atoms with van der Waals surface area (Å²) in [7, 11) is 3.60. The summed E-state index contributed by atoms with van der Waals surface area (Å²) >= 11 is 13.0. The maximum atomic E-state index is 16.6. The predicted octanol–water partition coefficient (Wildman–Crippen LogP) is 7.25. The van der Waals surface area contributed by atoms with Crippen LogP contribution in [0.5, 0.6) is 0 Å². The molecule has 4 aliphatic carbocycles. The first-order valence-electron chi connectivity index (χ1n) is 24.6. The number of imidazole rings is 1. The third kappa shape index (κ3) is 6.95. The first kappa shape index (κ1) is 45.9. The molecular weight excluding hydrogens is 921 g/mol. The topological polar surface area (TPSA) is 155 Å². The molecule has 13 nitrogen and oxygen atoms in total. The summed E-state index contributed by atoms with van der Waals surface area (Å²) in [5.41, 5.74) is 0.0900. The van der Waals surface area contributed by atoms with Gasteiger partial charge in [0.05, 0.1) is 22.1 Å². The van der Waals surface area contributed by atoms with E-state index in [-0.39, 0.29) is 58.7 Å². The fourth-order valence-electron chi connectivity index (χ4n) is 14.2. The Morgan fingerprint density at radius 3 is 2.26 bits per heavy atom. The van der Waals surface area contributed by atoms with E-state index < -0.39 is 51.6 Å². The number of halogens is 3. The number of aryl methyl sites for hydroxylation is 1. The Bertz CT molecular complexity index is 2970. The average molecular weight is 977 g/mol. The Kier molecular flexibility index (Phi) is 11.2. The zero-order valence-corrected chi connectivity index (χ0v) is 40.4. The van der Waals surface area contributed by atoms with Crippen LogP contribution in [0.2, 0.25) is 10.0 Å². The highest BCUT2D eigenvalue weighted by Gasteiger charge is 2.75. The van der Waals surface area contributed by atoms with Gasteiger partial charge in [0.1, 0.15) is 17.3 Å². The molecular formula is C53H56Cl2FN7O6. The lowest BCUT2D eigenvalue weighted by molar-refractivity contribution is -0.152. The van der Waals surface area contributed by atoms with Gasteiger partial charge in [-0.25, -0.2) is 9.18 Å². The van der Waals surface area contributed by atoms with E-state index in [1.54, 1.807) is 37.4 Å². The largest absolute Gasteiger partial charge is 0.349 e. The van der Waals surface area contributed by atoms with Crippen LogP contribution in [0.4, 0.5) is 10.1 Å². The lowest BCUT2D eigenvalue weighted by Crippen LogP contribution is -2.63. The fourth-order valence-corrected chi connectivity index (χ4v) is 14.5. The number of amides is 5. The van der Waals surface area contributed by atoms with Crippen molar-refractivity contribution < 1.29 is 28.4 Å². The molecule has 3 N–H and O–H groups in total. The van der Waals surface area contributed by atoms with Crippen molar-refractivity contribution in [2.24, 2.45) is 18.4 Å². The summed E-state index contributed by atoms with van der Waals surface area (Å²) in [6.07, 6.45) is 9.83. The van der Waals surface area contributed by atoms with Gasteiger partial charge in [-0.05, 0) is 125 Å². The normalized spacial score (nSPS) is 29.8. The maximum absolute atomic E-state index is 16.6. The van der Waals surface area contributed by atoms with E-state index in [4.69, 9.17) is 23.2 Å². The van der Waals surface area contributed by atoms with Crippen LogP contribution < -0.4 is 21.6 Å². The summed E-state index contributed by atoms with van der Waals surface area (Å²) in [5.74, 6) is 4.15. The second kappa shape index (κ2) is 16.8. The Balaban J connectivity index is 0.786. The number of likely N-dealkylation sites (tertiary alicyclic amines) is 2. The molecule has 4 unspecified atom stereocenters. The fraction of sp³-hybridized carbons (Fsp3) is 0.509. The van der Waals surface area contributed by atoms with Crippen molar-refractivity contribution in [2.75, 3.05) is 25.5 Å². The van der Waals surface area contributed by atoms with Crippen molar-refractivity contribution >= 4 is 69.5 Å². The number of fused-ring (bicyclic) bond motifs is 7. The van der Waals surface area contributed by atoms with Crippen LogP contribution in [0.3, 0.4) is 0 Å². The third-order valence-electron chi connectivity index (χ3n) is 17.8. The van der Waals surface area contributed by atoms with Gasteiger partial charge in [-0.2, -0.15) is 0 Å². The van der Waals surface area contributed by atoms with Crippen molar-refractivity contribution in [1.29, 1.82) is 0 Å². The standard InChI is InChI=1S/C53H56Cl2FN7O6/c1-60-40-29-32(11-14-38(40)63(49(60)69)39-15-16-41(64)58-45(39)65)10-9-31-17-27-62(28-18-31)48(68)50-21-24-51(25-22-50,26-23-50)59-46(66)44-42(34-7-6-8-36(55)43(34)56)53(52(61(44)2)19-4-3-5-20-52)35-13-12-33(54)30-37(35)57-47(53)67/h6-8,11-14,29-31,39,42,44H,3-5,15-28H2,1-2H3,(H,57,67)(H,59,66)(H,58,64,65). The first-order chi connectivity index (χ1) is 33.1. The van der Waals surface area contributed by atoms with Gasteiger partial charge >= 0.3 is 5.69 Å². The summed E-state index contributed by atoms with van der Waals surface area (Å²) in [6.45, 7) is 1.21. The molecule has 5 heterocycles. The molecule has 4 saturated carbocycles. The number of benzene rings is 3. The van der Waals surface area contributed by atoms with E-state index in [9.17, 15) is 24.0 Å². The Hall–Kier alpha value is -5.49. The molecule has 4 atom stereocenters. The molecule has 2 bridgehead atoms. The second-order valence-corrected chi connectivity index (χ2v) is 21.8. The van der Waals surface area contributed by atoms with Crippen LogP contribution in [-0.2, 0) is 36.4 Å². The molecule has 3 aromatic carbocycles. The molecule has 16 heteroatoms. The minimum atomic E-state index is -1.31. The summed E-state index contributed by atoms with van der Waals surface area (Å²) < 4.78 is 19.6. The van der Waals surface area contributed by atoms with Crippen molar-refractivity contribution in [2.45, 2.75) is 131 Å². The van der Waals surface area contributed by atoms with Gasteiger partial charge in [-0.15, -0.1) is 0 Å². The van der Waals surface area contributed by atoms with E-state index in [1.807, 2.05) is 30.1 Å². The van der Waals surface area contributed by atoms with Gasteiger partial charge in [0.15, 0.2) is 0 Å². The Labute approximate surface area is 409 Å². The molecule has 4 aromatic rings. The molecule has 8 aliphatic rings. The van der Waals surface area contributed by atoms with E-state index in [2.05, 4.69) is 32.7 Å². The molecule has 3 saturated heterocycles. The molecule has 0 radical (unpaired) electrons. The molecule has 69 heavy (non-hydrogen) atoms. The quantitative estimate of drug-likeness (QED) is 0.141. The van der Waals surface area contributed by atoms with Gasteiger partial charge in [0.25, 0.3) is 0 Å². The summed E-state index contributed by atoms with van der Waals surface area (Å²) in [4.78, 5) is 86.6. The minimum Gasteiger partial charge on any atom is -0.349 e. The zero-order valence-electron chi connectivity index (χ0n) is 38.9. The van der Waals surface area contributed by atoms with Crippen LogP contribution in [0, 0.1) is 29.0 Å². The molecule has 360 valence electrons. The van der Waals surface area contributed by atoms with E-state index in [0.29, 0.717) is 86.2 Å². The number of rotatable bonds is 5. The molecule has 1 aromatic heterocycles. The lowest BCUT2D eigenvalue weighted by Gasteiger charge is -2.54. The number of nitrogens with zero attached hydrogens (tertiary/aromatic N) is 4. The first-order valence-corrected chi connectivity index (χ1v) is 25.3. The van der Waals surface area contributed by atoms with Crippen LogP contribution in [0.15, 0.2) is 59.4 Å². The van der Waals surface area contributed by atoms with Crippen molar-refractivity contribution in [1.82, 2.24) is 29.6 Å². The number of piperidine rings is 2. The van der Waals surface area contributed by atoms with E-state index >= 15 is 9.18 Å². The monoisotopic (exact) mass is 975 g/mol. The van der Waals surface area contributed by atoms with E-state index in [1.165, 1.54) is 15.2 Å². The van der Waals surface area contributed by atoms with Gasteiger partial charge < -0.3 is 15.5 Å². The highest BCUT2D eigenvalue weighted by molar-refractivity contribution is 6.31. The number of hydrogen-bond acceptors (Lipinski definition) is 7. The summed E-state index contributed by atoms with van der Waals surface area (Å²) in [6, 6.07) is 14.1. The van der Waals surface area contributed by atoms with Crippen LogP contribution in [0.1, 0.15) is 125 Å². The molecule has 12 rings (SSSR count). The number of carbonyl (C=O) groups excluding carboxylic acids is 5. The number of aromatic nitrogens is 2. The second-order valence-electron chi connectivity index (χ2n) is 21.0. The average Bonchev–Trinajstić information content (AvgIpc) is 3.86. The Morgan fingerprint density at radius 1 is 0.826 bits per heavy atom. The number of likely N-dealkylation sites (N-methyl/N-ethyl adjacent to an activating group) is 1. The molecule has 5 amide bonds. The molecule has 7 fully saturated rings. The van der Waals surface area contributed by atoms with Gasteiger partial charge in [0, 0.05) is 71.2 Å². The highest BCUT2D eigenvalue weighted by Crippen LogP contribution is 2.66. The Morgan fingerprint density at radius 2 is 1.55 bits per heavy atom. The minimum absolute atomic E-state index is 0.0641. The van der Waals surface area contributed by atoms with Crippen molar-refractivity contribution in [3.63, 3.8) is 0 Å². The smallest absolute Gasteiger partial charge is 0.329 e. The van der Waals surface area contributed by atoms with Gasteiger partial charge in [0.2, 0.25) is 29.5 Å². The number of imide groups is 1. The van der Waals surface area contributed by atoms with Crippen LogP contribution in [-0.4, -0.2) is 85.7 Å². The number of carbonyl (C=O) groups is 5. The molecule has 4 aliphatic heterocycles. The maximum Gasteiger partial charge on any atom is 0.329 e. The summed E-state index contributed by atoms with van der Waals surface area (Å²) in [5, 5.41) is 9.42. The number of anilines is 1. The number of hydrogen-bond donors (Lipinski definition) is 3. The third-order valence-corrected chi connectivity index (χ3v) is 18.3. The van der Waals surface area contributed by atoms with Crippen molar-refractivity contribution in [3.8, 4) is 11.8 Å². The van der Waals surface area contributed by atoms with Gasteiger partial charge in [-0.3, -0.25) is 43.3 Å². The zero-order chi connectivity index (χ0) is 48.2. The number of nitrogens with one attached hydrogen (secondary N) is 3. The van der Waals surface area contributed by atoms with Gasteiger partial charge in [-0.1, -0.05) is 72.5 Å². The SMILES string of the molecule is CN1C(C(=O)NC23CCC(C(=O)N4CCC(C#Cc5ccc6c(c5)n(C)c(=O)n6C5CCC(=O)NC5=O)CC4)(CC2)CC3)C(c2cccc(Cl)c2F)C2(C(=O)Nc3cc(Cl)ccc32)C12CCCCC2. The highest BCUT2D eigenvalue weighted by atomic mass is 35.5. The van der Waals surface area contributed by atoms with Crippen LogP contribution >= 0.6 is 23.2 Å². The van der Waals surface area contributed by atoms with Crippen LogP contribution in [0.25, 0.3) is 11.0 Å². The van der Waals surface area contributed by atoms with Crippen molar-refractivity contribution in [3.05, 3.63) is 97.6 Å². The van der Waals surface area contributed by atoms with E-state index in [0.717, 1.165) is 43.2 Å². The predicted molar refractivity (Wildman–Crippen MR) is 259 cm³/mol. The lowest BCUT2D eigenvalue weighted by atomic mass is 9.55. The molecule has 2 spiro atoms.